The van der Waals surface area contributed by atoms with Crippen LogP contribution in [0.3, 0.4) is 0 Å². The van der Waals surface area contributed by atoms with Crippen LogP contribution in [0.2, 0.25) is 0 Å². The molecule has 32 heavy (non-hydrogen) atoms. The van der Waals surface area contributed by atoms with E-state index in [4.69, 9.17) is 16.0 Å². The highest BCUT2D eigenvalue weighted by Crippen LogP contribution is 2.41. The molecule has 0 bridgehead atoms. The number of hydrogen-bond donors (Lipinski definition) is 2. The number of furan rings is 1. The molecule has 0 aliphatic carbocycles. The fraction of sp³-hybridized carbons (Fsp3) is 0.333. The first-order chi connectivity index (χ1) is 15.3. The van der Waals surface area contributed by atoms with Crippen molar-refractivity contribution >= 4 is 69.5 Å². The Hall–Kier alpha value is -2.77. The van der Waals surface area contributed by atoms with Crippen LogP contribution in [0, 0.1) is 0 Å². The number of oxime groups is 1. The van der Waals surface area contributed by atoms with Crippen LogP contribution >= 0.6 is 35.1 Å². The van der Waals surface area contributed by atoms with Gasteiger partial charge in [0, 0.05) is 11.5 Å². The van der Waals surface area contributed by atoms with E-state index in [0.29, 0.717) is 5.57 Å². The number of nitrogens with one attached hydrogen (secondary N) is 1. The van der Waals surface area contributed by atoms with Crippen molar-refractivity contribution in [1.82, 2.24) is 10.2 Å². The number of fused-ring (bicyclic) bond motifs is 1. The molecule has 170 valence electrons. The van der Waals surface area contributed by atoms with E-state index in [9.17, 15) is 29.1 Å². The number of amides is 2. The van der Waals surface area contributed by atoms with Crippen LogP contribution in [0.5, 0.6) is 0 Å². The number of halogens is 1. The molecule has 0 aromatic carbocycles. The number of nitrogens with zero attached hydrogens (tertiary/aromatic N) is 2. The highest BCUT2D eigenvalue weighted by Gasteiger charge is 2.54. The quantitative estimate of drug-likeness (QED) is 0.162. The summed E-state index contributed by atoms with van der Waals surface area (Å²) in [4.78, 5) is 66.3. The van der Waals surface area contributed by atoms with Crippen molar-refractivity contribution in [2.24, 2.45) is 5.16 Å². The third-order valence-electron chi connectivity index (χ3n) is 4.42. The lowest BCUT2D eigenvalue weighted by Gasteiger charge is -2.49. The van der Waals surface area contributed by atoms with Gasteiger partial charge >= 0.3 is 5.97 Å². The van der Waals surface area contributed by atoms with Crippen LogP contribution in [0.1, 0.15) is 10.6 Å². The molecule has 14 heteroatoms. The second-order valence-corrected chi connectivity index (χ2v) is 8.67. The first kappa shape index (κ1) is 23.9. The molecule has 1 saturated heterocycles. The van der Waals surface area contributed by atoms with E-state index in [1.807, 2.05) is 0 Å². The summed E-state index contributed by atoms with van der Waals surface area (Å²) in [5.74, 6) is -3.84. The molecular weight excluding hydrogens is 486 g/mol. The van der Waals surface area contributed by atoms with Crippen molar-refractivity contribution in [3.8, 4) is 0 Å². The Balaban J connectivity index is 1.73. The number of alkyl halides is 1. The van der Waals surface area contributed by atoms with Crippen molar-refractivity contribution in [1.29, 1.82) is 0 Å². The minimum atomic E-state index is -1.33. The highest BCUT2D eigenvalue weighted by molar-refractivity contribution is 8.14. The summed E-state index contributed by atoms with van der Waals surface area (Å²) >= 11 is 7.54. The fourth-order valence-electron chi connectivity index (χ4n) is 3.00. The lowest BCUT2D eigenvalue weighted by molar-refractivity contribution is -0.150. The predicted octanol–water partition coefficient (Wildman–Crippen LogP) is 0.702. The molecule has 1 aromatic heterocycles. The van der Waals surface area contributed by atoms with Gasteiger partial charge in [-0.05, 0) is 17.7 Å². The lowest BCUT2D eigenvalue weighted by atomic mass is 10.0. The van der Waals surface area contributed by atoms with Crippen molar-refractivity contribution < 1.29 is 38.3 Å². The maximum absolute atomic E-state index is 12.7. The van der Waals surface area contributed by atoms with Gasteiger partial charge in [-0.15, -0.1) is 23.4 Å². The number of carbonyl (C=O) groups is 5. The number of hydrogen-bond acceptors (Lipinski definition) is 10. The number of ketones is 1. The van der Waals surface area contributed by atoms with Crippen molar-refractivity contribution in [3.63, 3.8) is 0 Å². The van der Waals surface area contributed by atoms with Gasteiger partial charge in [-0.1, -0.05) is 16.9 Å². The maximum atomic E-state index is 12.7. The average molecular weight is 502 g/mol. The average Bonchev–Trinajstić information content (AvgIpc) is 3.33. The molecule has 3 rings (SSSR count). The molecule has 1 unspecified atom stereocenters. The zero-order chi connectivity index (χ0) is 23.4. The van der Waals surface area contributed by atoms with Gasteiger partial charge in [0.25, 0.3) is 16.9 Å². The minimum absolute atomic E-state index is 0.0521. The van der Waals surface area contributed by atoms with E-state index >= 15 is 0 Å². The lowest BCUT2D eigenvalue weighted by Crippen LogP contribution is -2.71. The number of carbonyl (C=O) groups excluding carboxylic acids is 4. The first-order valence-corrected chi connectivity index (χ1v) is 11.5. The molecule has 2 N–H and O–H groups in total. The largest absolute Gasteiger partial charge is 0.477 e. The van der Waals surface area contributed by atoms with Crippen LogP contribution in [0.25, 0.3) is 0 Å². The van der Waals surface area contributed by atoms with Crippen LogP contribution in [-0.2, 0) is 24.0 Å². The third-order valence-corrected chi connectivity index (χ3v) is 6.96. The van der Waals surface area contributed by atoms with Gasteiger partial charge in [0.1, 0.15) is 24.2 Å². The summed E-state index contributed by atoms with van der Waals surface area (Å²) in [6, 6.07) is 1.99. The van der Waals surface area contributed by atoms with E-state index in [0.717, 1.165) is 23.8 Å². The molecule has 11 nitrogen and oxygen atoms in total. The third kappa shape index (κ3) is 4.69. The molecule has 1 fully saturated rings. The van der Waals surface area contributed by atoms with Gasteiger partial charge in [0.2, 0.25) is 11.5 Å². The number of Topliss-reactive ketones (excluding diaryl/α,β-unsaturated/α-hetero) is 1. The Kier molecular flexibility index (Phi) is 7.64. The van der Waals surface area contributed by atoms with Crippen molar-refractivity contribution in [2.75, 3.05) is 24.5 Å². The van der Waals surface area contributed by atoms with Crippen LogP contribution < -0.4 is 5.32 Å². The monoisotopic (exact) mass is 501 g/mol. The normalized spacial score (nSPS) is 20.4. The van der Waals surface area contributed by atoms with E-state index in [1.165, 1.54) is 24.1 Å². The Labute approximate surface area is 194 Å². The summed E-state index contributed by atoms with van der Waals surface area (Å²) in [5.41, 5.74) is -0.440. The molecule has 1 aromatic rings. The van der Waals surface area contributed by atoms with Gasteiger partial charge in [0.05, 0.1) is 12.1 Å². The number of carboxylic acids is 1. The summed E-state index contributed by atoms with van der Waals surface area (Å²) in [6.45, 7) is 0. The number of aliphatic carboxylic acids is 1. The molecule has 2 aliphatic rings. The van der Waals surface area contributed by atoms with Gasteiger partial charge in [-0.25, -0.2) is 4.79 Å². The van der Waals surface area contributed by atoms with Crippen LogP contribution in [0.4, 0.5) is 0 Å². The molecule has 0 radical (unpaired) electrons. The van der Waals surface area contributed by atoms with Crippen LogP contribution in [-0.4, -0.2) is 80.3 Å². The molecule has 2 amide bonds. The summed E-state index contributed by atoms with van der Waals surface area (Å²) in [7, 11) is 1.14. The molecule has 0 spiro atoms. The Morgan fingerprint density at radius 2 is 2.19 bits per heavy atom. The summed E-state index contributed by atoms with van der Waals surface area (Å²) in [6.07, 6.45) is 1.35. The van der Waals surface area contributed by atoms with Crippen molar-refractivity contribution in [2.45, 2.75) is 11.4 Å². The summed E-state index contributed by atoms with van der Waals surface area (Å²) in [5, 5.41) is 14.3. The van der Waals surface area contributed by atoms with Gasteiger partial charge < -0.3 is 19.7 Å². The van der Waals surface area contributed by atoms with Gasteiger partial charge in [0.15, 0.2) is 5.76 Å². The number of β-lactam (4-membered cyclic amide) rings is 1. The number of rotatable bonds is 9. The summed E-state index contributed by atoms with van der Waals surface area (Å²) < 4.78 is 5.02. The SMILES string of the molecule is CON=C(C(=O)CCl)C(=O)N[C@@H]1C(=O)N2C(C(=O)O)=C(CSC(=O)c3ccco3)CSC12. The minimum Gasteiger partial charge on any atom is -0.477 e. The number of thioether (sulfide) groups is 2. The second kappa shape index (κ2) is 10.2. The van der Waals surface area contributed by atoms with E-state index in [2.05, 4.69) is 15.3 Å². The standard InChI is InChI=1S/C18H16ClN3O8S2/c1-29-21-11(9(23)5-19)14(24)20-12-15(25)22-13(17(26)27)8(6-31-16(12)22)7-32-18(28)10-3-2-4-30-10/h2-4,12,16H,5-7H2,1H3,(H,20,24)(H,26,27)/t12-,16?/m1/s1. The number of carboxylic acid groups (broad SMARTS) is 1. The highest BCUT2D eigenvalue weighted by atomic mass is 35.5. The molecule has 2 atom stereocenters. The predicted molar refractivity (Wildman–Crippen MR) is 115 cm³/mol. The molecule has 3 heterocycles. The Morgan fingerprint density at radius 1 is 1.44 bits per heavy atom. The van der Waals surface area contributed by atoms with Gasteiger partial charge in [-0.2, -0.15) is 0 Å². The van der Waals surface area contributed by atoms with Gasteiger partial charge in [-0.3, -0.25) is 24.1 Å². The van der Waals surface area contributed by atoms with Crippen LogP contribution in [0.15, 0.2) is 39.2 Å². The Morgan fingerprint density at radius 3 is 2.78 bits per heavy atom. The fourth-order valence-corrected chi connectivity index (χ4v) is 5.40. The zero-order valence-corrected chi connectivity index (χ0v) is 18.8. The molecule has 0 saturated carbocycles. The molecular formula is C18H16ClN3O8S2. The van der Waals surface area contributed by atoms with E-state index in [-0.39, 0.29) is 28.1 Å². The Bertz CT molecular complexity index is 1020. The maximum Gasteiger partial charge on any atom is 0.352 e. The first-order valence-electron chi connectivity index (χ1n) is 8.92. The van der Waals surface area contributed by atoms with E-state index in [1.54, 1.807) is 6.07 Å². The zero-order valence-electron chi connectivity index (χ0n) is 16.4. The van der Waals surface area contributed by atoms with E-state index < -0.39 is 46.6 Å². The smallest absolute Gasteiger partial charge is 0.352 e. The van der Waals surface area contributed by atoms with Crippen molar-refractivity contribution in [3.05, 3.63) is 35.4 Å². The molecule has 2 aliphatic heterocycles. The topological polar surface area (TPSA) is 156 Å². The second-order valence-electron chi connectivity index (χ2n) is 6.35.